The molecule has 1 aliphatic rings. The summed E-state index contributed by atoms with van der Waals surface area (Å²) in [7, 11) is 0. The normalized spacial score (nSPS) is 18.3. The lowest BCUT2D eigenvalue weighted by Crippen LogP contribution is -2.46. The fraction of sp³-hybridized carbons (Fsp3) is 0.625. The van der Waals surface area contributed by atoms with Crippen molar-refractivity contribution < 1.29 is 4.74 Å². The second-order valence-corrected chi connectivity index (χ2v) is 5.57. The largest absolute Gasteiger partial charge is 0.492 e. The van der Waals surface area contributed by atoms with E-state index in [1.165, 1.54) is 30.4 Å². The number of rotatable bonds is 5. The minimum absolute atomic E-state index is 0.348. The fourth-order valence-corrected chi connectivity index (χ4v) is 2.75. The van der Waals surface area contributed by atoms with Gasteiger partial charge in [0.25, 0.3) is 0 Å². The van der Waals surface area contributed by atoms with Gasteiger partial charge < -0.3 is 10.5 Å². The minimum Gasteiger partial charge on any atom is -0.492 e. The molecule has 1 aromatic rings. The lowest BCUT2D eigenvalue weighted by Gasteiger charge is -2.33. The van der Waals surface area contributed by atoms with Crippen LogP contribution in [0.4, 0.5) is 0 Å². The van der Waals surface area contributed by atoms with E-state index in [1.807, 2.05) is 0 Å². The standard InChI is InChI=1S/C16H26N2O/c1-13-6-7-16(14(2)10-13)19-12-15(11-17)18-8-4-3-5-9-18/h6-7,10,15H,3-5,8-9,11-12,17H2,1-2H3. The summed E-state index contributed by atoms with van der Waals surface area (Å²) in [5, 5.41) is 0. The molecule has 3 heteroatoms. The molecule has 0 aromatic heterocycles. The molecule has 0 spiro atoms. The van der Waals surface area contributed by atoms with Crippen LogP contribution in [0.25, 0.3) is 0 Å². The Morgan fingerprint density at radius 2 is 1.95 bits per heavy atom. The van der Waals surface area contributed by atoms with Crippen LogP contribution in [0.1, 0.15) is 30.4 Å². The Morgan fingerprint density at radius 1 is 1.21 bits per heavy atom. The molecule has 1 atom stereocenters. The molecule has 1 aliphatic heterocycles. The molecule has 1 fully saturated rings. The van der Waals surface area contributed by atoms with Crippen molar-refractivity contribution in [3.63, 3.8) is 0 Å². The Labute approximate surface area is 116 Å². The topological polar surface area (TPSA) is 38.5 Å². The molecule has 2 N–H and O–H groups in total. The van der Waals surface area contributed by atoms with Gasteiger partial charge in [0.1, 0.15) is 12.4 Å². The monoisotopic (exact) mass is 262 g/mol. The lowest BCUT2D eigenvalue weighted by molar-refractivity contribution is 0.118. The number of ether oxygens (including phenoxy) is 1. The number of likely N-dealkylation sites (tertiary alicyclic amines) is 1. The number of benzene rings is 1. The van der Waals surface area contributed by atoms with Crippen molar-refractivity contribution in [2.75, 3.05) is 26.2 Å². The van der Waals surface area contributed by atoms with Gasteiger partial charge in [0.2, 0.25) is 0 Å². The van der Waals surface area contributed by atoms with Crippen LogP contribution in [0.5, 0.6) is 5.75 Å². The van der Waals surface area contributed by atoms with E-state index < -0.39 is 0 Å². The first kappa shape index (κ1) is 14.4. The maximum absolute atomic E-state index is 5.98. The van der Waals surface area contributed by atoms with Gasteiger partial charge in [-0.05, 0) is 51.4 Å². The Morgan fingerprint density at radius 3 is 2.58 bits per heavy atom. The van der Waals surface area contributed by atoms with Crippen LogP contribution in [0, 0.1) is 13.8 Å². The zero-order valence-corrected chi connectivity index (χ0v) is 12.2. The zero-order chi connectivity index (χ0) is 13.7. The summed E-state index contributed by atoms with van der Waals surface area (Å²) in [5.74, 6) is 0.987. The Kier molecular flexibility index (Phi) is 5.23. The quantitative estimate of drug-likeness (QED) is 0.886. The molecule has 1 unspecified atom stereocenters. The van der Waals surface area contributed by atoms with Crippen LogP contribution >= 0.6 is 0 Å². The van der Waals surface area contributed by atoms with E-state index in [0.29, 0.717) is 19.2 Å². The predicted molar refractivity (Wildman–Crippen MR) is 79.7 cm³/mol. The van der Waals surface area contributed by atoms with Crippen LogP contribution in [-0.2, 0) is 0 Å². The molecule has 0 aliphatic carbocycles. The maximum Gasteiger partial charge on any atom is 0.122 e. The molecule has 1 heterocycles. The lowest BCUT2D eigenvalue weighted by atomic mass is 10.1. The van der Waals surface area contributed by atoms with Crippen molar-refractivity contribution >= 4 is 0 Å². The maximum atomic E-state index is 5.98. The third-order valence-electron chi connectivity index (χ3n) is 3.94. The molecule has 0 saturated carbocycles. The van der Waals surface area contributed by atoms with E-state index in [9.17, 15) is 0 Å². The predicted octanol–water partition coefficient (Wildman–Crippen LogP) is 2.50. The van der Waals surface area contributed by atoms with Crippen LogP contribution in [0.15, 0.2) is 18.2 Å². The van der Waals surface area contributed by atoms with Gasteiger partial charge in [-0.3, -0.25) is 4.90 Å². The highest BCUT2D eigenvalue weighted by Crippen LogP contribution is 2.20. The number of nitrogens with two attached hydrogens (primary N) is 1. The third kappa shape index (κ3) is 3.95. The van der Waals surface area contributed by atoms with E-state index in [2.05, 4.69) is 36.9 Å². The number of nitrogens with zero attached hydrogens (tertiary/aromatic N) is 1. The molecule has 0 bridgehead atoms. The molecule has 19 heavy (non-hydrogen) atoms. The van der Waals surface area contributed by atoms with E-state index in [-0.39, 0.29) is 0 Å². The van der Waals surface area contributed by atoms with Gasteiger partial charge in [-0.2, -0.15) is 0 Å². The first-order valence-corrected chi connectivity index (χ1v) is 7.35. The average molecular weight is 262 g/mol. The first-order valence-electron chi connectivity index (χ1n) is 7.35. The van der Waals surface area contributed by atoms with Gasteiger partial charge in [0.15, 0.2) is 0 Å². The second kappa shape index (κ2) is 6.92. The average Bonchev–Trinajstić information content (AvgIpc) is 2.43. The smallest absolute Gasteiger partial charge is 0.122 e. The molecule has 2 rings (SSSR count). The van der Waals surface area contributed by atoms with E-state index in [1.54, 1.807) is 0 Å². The summed E-state index contributed by atoms with van der Waals surface area (Å²) in [6.07, 6.45) is 3.94. The molecule has 3 nitrogen and oxygen atoms in total. The highest BCUT2D eigenvalue weighted by molar-refractivity contribution is 5.35. The summed E-state index contributed by atoms with van der Waals surface area (Å²) in [6, 6.07) is 6.67. The van der Waals surface area contributed by atoms with Gasteiger partial charge in [-0.25, -0.2) is 0 Å². The van der Waals surface area contributed by atoms with Gasteiger partial charge in [-0.15, -0.1) is 0 Å². The molecule has 1 aromatic carbocycles. The summed E-state index contributed by atoms with van der Waals surface area (Å²) >= 11 is 0. The zero-order valence-electron chi connectivity index (χ0n) is 12.2. The molecule has 0 radical (unpaired) electrons. The summed E-state index contributed by atoms with van der Waals surface area (Å²) < 4.78 is 5.98. The molecule has 106 valence electrons. The van der Waals surface area contributed by atoms with Gasteiger partial charge in [-0.1, -0.05) is 24.1 Å². The van der Waals surface area contributed by atoms with E-state index in [0.717, 1.165) is 18.8 Å². The van der Waals surface area contributed by atoms with Crippen molar-refractivity contribution in [2.45, 2.75) is 39.2 Å². The van der Waals surface area contributed by atoms with Gasteiger partial charge >= 0.3 is 0 Å². The Hall–Kier alpha value is -1.06. The summed E-state index contributed by atoms with van der Waals surface area (Å²) in [4.78, 5) is 2.48. The van der Waals surface area contributed by atoms with Crippen molar-refractivity contribution in [2.24, 2.45) is 5.73 Å². The van der Waals surface area contributed by atoms with Crippen LogP contribution in [-0.4, -0.2) is 37.2 Å². The minimum atomic E-state index is 0.348. The number of aryl methyl sites for hydroxylation is 2. The molecular formula is C16H26N2O. The van der Waals surface area contributed by atoms with Crippen LogP contribution in [0.2, 0.25) is 0 Å². The summed E-state index contributed by atoms with van der Waals surface area (Å²) in [6.45, 7) is 7.90. The summed E-state index contributed by atoms with van der Waals surface area (Å²) in [5.41, 5.74) is 8.39. The van der Waals surface area contributed by atoms with E-state index >= 15 is 0 Å². The van der Waals surface area contributed by atoms with E-state index in [4.69, 9.17) is 10.5 Å². The highest BCUT2D eigenvalue weighted by Gasteiger charge is 2.20. The van der Waals surface area contributed by atoms with Crippen LogP contribution < -0.4 is 10.5 Å². The second-order valence-electron chi connectivity index (χ2n) is 5.57. The van der Waals surface area contributed by atoms with Gasteiger partial charge in [0.05, 0.1) is 6.04 Å². The SMILES string of the molecule is Cc1ccc(OCC(CN)N2CCCCC2)c(C)c1. The Balaban J connectivity index is 1.91. The third-order valence-corrected chi connectivity index (χ3v) is 3.94. The van der Waals surface area contributed by atoms with Crippen molar-refractivity contribution in [1.29, 1.82) is 0 Å². The van der Waals surface area contributed by atoms with Crippen LogP contribution in [0.3, 0.4) is 0 Å². The van der Waals surface area contributed by atoms with Crippen molar-refractivity contribution in [1.82, 2.24) is 4.90 Å². The van der Waals surface area contributed by atoms with Gasteiger partial charge in [0, 0.05) is 6.54 Å². The highest BCUT2D eigenvalue weighted by atomic mass is 16.5. The fourth-order valence-electron chi connectivity index (χ4n) is 2.75. The number of piperidine rings is 1. The molecule has 1 saturated heterocycles. The Bertz CT molecular complexity index is 400. The number of hydrogen-bond donors (Lipinski definition) is 1. The molecular weight excluding hydrogens is 236 g/mol. The molecule has 0 amide bonds. The van der Waals surface area contributed by atoms with Crippen molar-refractivity contribution in [3.8, 4) is 5.75 Å². The van der Waals surface area contributed by atoms with Crippen molar-refractivity contribution in [3.05, 3.63) is 29.3 Å². The number of hydrogen-bond acceptors (Lipinski definition) is 3. The first-order chi connectivity index (χ1) is 9.20.